The number of hydrogen-bond donors (Lipinski definition) is 2. The fourth-order valence-corrected chi connectivity index (χ4v) is 2.46. The number of nitro groups is 1. The van der Waals surface area contributed by atoms with Crippen molar-refractivity contribution in [3.63, 3.8) is 0 Å². The van der Waals surface area contributed by atoms with Crippen molar-refractivity contribution in [1.29, 1.82) is 0 Å². The molecule has 0 saturated heterocycles. The first-order valence-electron chi connectivity index (χ1n) is 8.37. The number of anilines is 1. The maximum atomic E-state index is 12.2. The van der Waals surface area contributed by atoms with Gasteiger partial charge in [-0.2, -0.15) is 0 Å². The summed E-state index contributed by atoms with van der Waals surface area (Å²) in [5.74, 6) is -1.14. The summed E-state index contributed by atoms with van der Waals surface area (Å²) < 4.78 is 4.99. The van der Waals surface area contributed by atoms with Gasteiger partial charge in [-0.15, -0.1) is 0 Å². The van der Waals surface area contributed by atoms with Crippen molar-refractivity contribution in [3.8, 4) is 0 Å². The number of nitro benzene ring substituents is 1. The Balaban J connectivity index is 1.90. The van der Waals surface area contributed by atoms with Crippen LogP contribution >= 0.6 is 0 Å². The molecular formula is C19H21N3O5. The molecule has 27 heavy (non-hydrogen) atoms. The Kier molecular flexibility index (Phi) is 6.87. The van der Waals surface area contributed by atoms with Gasteiger partial charge in [0.25, 0.3) is 11.6 Å². The number of hydrogen-bond acceptors (Lipinski definition) is 6. The predicted octanol–water partition coefficient (Wildman–Crippen LogP) is 2.71. The lowest BCUT2D eigenvalue weighted by molar-refractivity contribution is -0.384. The number of non-ortho nitro benzene ring substituents is 1. The van der Waals surface area contributed by atoms with Crippen LogP contribution in [0.3, 0.4) is 0 Å². The van der Waals surface area contributed by atoms with Gasteiger partial charge in [-0.1, -0.05) is 37.3 Å². The van der Waals surface area contributed by atoms with Crippen molar-refractivity contribution >= 4 is 23.3 Å². The van der Waals surface area contributed by atoms with Gasteiger partial charge in [-0.3, -0.25) is 14.9 Å². The van der Waals surface area contributed by atoms with E-state index in [1.165, 1.54) is 12.1 Å². The van der Waals surface area contributed by atoms with Crippen LogP contribution < -0.4 is 10.6 Å². The highest BCUT2D eigenvalue weighted by atomic mass is 16.6. The molecule has 0 spiro atoms. The molecule has 0 bridgehead atoms. The van der Waals surface area contributed by atoms with Gasteiger partial charge >= 0.3 is 5.97 Å². The highest BCUT2D eigenvalue weighted by Gasteiger charge is 2.18. The van der Waals surface area contributed by atoms with Crippen LogP contribution in [0.1, 0.15) is 28.8 Å². The molecule has 2 N–H and O–H groups in total. The van der Waals surface area contributed by atoms with Crippen molar-refractivity contribution in [2.24, 2.45) is 0 Å². The molecule has 8 heteroatoms. The number of ether oxygens (including phenoxy) is 1. The average molecular weight is 371 g/mol. The average Bonchev–Trinajstić information content (AvgIpc) is 2.70. The Labute approximate surface area is 156 Å². The van der Waals surface area contributed by atoms with E-state index < -0.39 is 23.4 Å². The first-order valence-corrected chi connectivity index (χ1v) is 8.37. The zero-order valence-electron chi connectivity index (χ0n) is 15.1. The van der Waals surface area contributed by atoms with E-state index in [0.29, 0.717) is 12.2 Å². The SMILES string of the molecule is CNc1ccc([N+](=O)[O-])cc1C(=O)OCC(=O)NC[C@@H](C)c1ccccc1. The van der Waals surface area contributed by atoms with Gasteiger partial charge in [0, 0.05) is 31.4 Å². The summed E-state index contributed by atoms with van der Waals surface area (Å²) in [6.07, 6.45) is 0. The summed E-state index contributed by atoms with van der Waals surface area (Å²) in [6.45, 7) is 1.91. The van der Waals surface area contributed by atoms with Crippen LogP contribution in [0, 0.1) is 10.1 Å². The Hall–Kier alpha value is -3.42. The van der Waals surface area contributed by atoms with Gasteiger partial charge in [0.2, 0.25) is 0 Å². The molecule has 142 valence electrons. The molecule has 2 aromatic rings. The van der Waals surface area contributed by atoms with Crippen molar-refractivity contribution in [3.05, 3.63) is 69.8 Å². The number of amides is 1. The van der Waals surface area contributed by atoms with Gasteiger partial charge in [0.05, 0.1) is 10.5 Å². The minimum absolute atomic E-state index is 0.00264. The number of benzene rings is 2. The fraction of sp³-hybridized carbons (Fsp3) is 0.263. The normalized spacial score (nSPS) is 11.3. The Morgan fingerprint density at radius 3 is 2.52 bits per heavy atom. The zero-order chi connectivity index (χ0) is 19.8. The third-order valence-electron chi connectivity index (χ3n) is 4.01. The molecule has 0 aliphatic carbocycles. The number of esters is 1. The molecule has 2 aromatic carbocycles. The lowest BCUT2D eigenvalue weighted by Gasteiger charge is -2.13. The van der Waals surface area contributed by atoms with Crippen LogP contribution in [0.2, 0.25) is 0 Å². The minimum atomic E-state index is -0.811. The number of carbonyl (C=O) groups excluding carboxylic acids is 2. The Bertz CT molecular complexity index is 823. The van der Waals surface area contributed by atoms with Crippen molar-refractivity contribution in [2.75, 3.05) is 25.5 Å². The number of carbonyl (C=O) groups is 2. The number of nitrogens with one attached hydrogen (secondary N) is 2. The molecule has 0 radical (unpaired) electrons. The van der Waals surface area contributed by atoms with E-state index in [0.717, 1.165) is 11.6 Å². The third kappa shape index (κ3) is 5.53. The molecule has 1 amide bonds. The minimum Gasteiger partial charge on any atom is -0.452 e. The second-order valence-corrected chi connectivity index (χ2v) is 5.93. The van der Waals surface area contributed by atoms with Gasteiger partial charge < -0.3 is 15.4 Å². The largest absolute Gasteiger partial charge is 0.452 e. The summed E-state index contributed by atoms with van der Waals surface area (Å²) in [5.41, 5.74) is 1.23. The molecule has 0 aliphatic rings. The quantitative estimate of drug-likeness (QED) is 0.419. The predicted molar refractivity (Wildman–Crippen MR) is 101 cm³/mol. The van der Waals surface area contributed by atoms with E-state index in [2.05, 4.69) is 10.6 Å². The van der Waals surface area contributed by atoms with Crippen LogP contribution in [-0.4, -0.2) is 37.0 Å². The van der Waals surface area contributed by atoms with Crippen LogP contribution in [0.15, 0.2) is 48.5 Å². The molecule has 0 aliphatic heterocycles. The van der Waals surface area contributed by atoms with Gasteiger partial charge in [-0.05, 0) is 17.5 Å². The second-order valence-electron chi connectivity index (χ2n) is 5.93. The second kappa shape index (κ2) is 9.33. The Morgan fingerprint density at radius 2 is 1.89 bits per heavy atom. The first kappa shape index (κ1) is 19.9. The topological polar surface area (TPSA) is 111 Å². The van der Waals surface area contributed by atoms with Crippen molar-refractivity contribution in [2.45, 2.75) is 12.8 Å². The summed E-state index contributed by atoms with van der Waals surface area (Å²) in [7, 11) is 1.58. The third-order valence-corrected chi connectivity index (χ3v) is 4.01. The van der Waals surface area contributed by atoms with E-state index in [1.54, 1.807) is 7.05 Å². The van der Waals surface area contributed by atoms with Crippen molar-refractivity contribution in [1.82, 2.24) is 5.32 Å². The lowest BCUT2D eigenvalue weighted by atomic mass is 10.0. The molecule has 0 fully saturated rings. The van der Waals surface area contributed by atoms with Crippen LogP contribution in [-0.2, 0) is 9.53 Å². The van der Waals surface area contributed by atoms with Gasteiger partial charge in [0.15, 0.2) is 6.61 Å². The summed E-state index contributed by atoms with van der Waals surface area (Å²) in [5, 5.41) is 16.3. The monoisotopic (exact) mass is 371 g/mol. The summed E-state index contributed by atoms with van der Waals surface area (Å²) in [6, 6.07) is 13.5. The van der Waals surface area contributed by atoms with Crippen molar-refractivity contribution < 1.29 is 19.2 Å². The fourth-order valence-electron chi connectivity index (χ4n) is 2.46. The molecular weight excluding hydrogens is 350 g/mol. The van der Waals surface area contributed by atoms with Crippen LogP contribution in [0.5, 0.6) is 0 Å². The maximum Gasteiger partial charge on any atom is 0.341 e. The standard InChI is InChI=1S/C19H21N3O5/c1-13(14-6-4-3-5-7-14)11-21-18(23)12-27-19(24)16-10-15(22(25)26)8-9-17(16)20-2/h3-10,13,20H,11-12H2,1-2H3,(H,21,23)/t13-/m1/s1. The molecule has 0 saturated carbocycles. The summed E-state index contributed by atoms with van der Waals surface area (Å²) >= 11 is 0. The van der Waals surface area contributed by atoms with E-state index in [4.69, 9.17) is 4.74 Å². The summed E-state index contributed by atoms with van der Waals surface area (Å²) in [4.78, 5) is 34.4. The molecule has 0 aromatic heterocycles. The van der Waals surface area contributed by atoms with E-state index in [1.807, 2.05) is 37.3 Å². The van der Waals surface area contributed by atoms with E-state index >= 15 is 0 Å². The molecule has 0 heterocycles. The molecule has 1 atom stereocenters. The van der Waals surface area contributed by atoms with Crippen LogP contribution in [0.25, 0.3) is 0 Å². The highest BCUT2D eigenvalue weighted by Crippen LogP contribution is 2.22. The van der Waals surface area contributed by atoms with Gasteiger partial charge in [0.1, 0.15) is 0 Å². The molecule has 8 nitrogen and oxygen atoms in total. The smallest absolute Gasteiger partial charge is 0.341 e. The van der Waals surface area contributed by atoms with Gasteiger partial charge in [-0.25, -0.2) is 4.79 Å². The molecule has 2 rings (SSSR count). The van der Waals surface area contributed by atoms with E-state index in [9.17, 15) is 19.7 Å². The zero-order valence-corrected chi connectivity index (χ0v) is 15.1. The lowest BCUT2D eigenvalue weighted by Crippen LogP contribution is -2.31. The Morgan fingerprint density at radius 1 is 1.19 bits per heavy atom. The number of nitrogens with zero attached hydrogens (tertiary/aromatic N) is 1. The number of rotatable bonds is 8. The van der Waals surface area contributed by atoms with E-state index in [-0.39, 0.29) is 17.2 Å². The first-order chi connectivity index (χ1) is 12.9. The van der Waals surface area contributed by atoms with Crippen LogP contribution in [0.4, 0.5) is 11.4 Å². The maximum absolute atomic E-state index is 12.2. The molecule has 0 unspecified atom stereocenters. The highest BCUT2D eigenvalue weighted by molar-refractivity contribution is 5.97.